The molecule has 1 heterocycles. The maximum atomic E-state index is 9.03. The van der Waals surface area contributed by atoms with Crippen LogP contribution in [0.1, 0.15) is 47.0 Å². The molecule has 1 rings (SSSR count). The molecule has 1 aliphatic rings. The lowest BCUT2D eigenvalue weighted by Gasteiger charge is -2.31. The predicted molar refractivity (Wildman–Crippen MR) is 65.4 cm³/mol. The Morgan fingerprint density at radius 2 is 2.12 bits per heavy atom. The van der Waals surface area contributed by atoms with Crippen molar-refractivity contribution >= 4 is 6.34 Å². The molecule has 0 N–H and O–H groups in total. The number of hydrazone groups is 1. The summed E-state index contributed by atoms with van der Waals surface area (Å²) in [6.07, 6.45) is 7.16. The summed E-state index contributed by atoms with van der Waals surface area (Å²) in [6, 6.07) is 0. The van der Waals surface area contributed by atoms with Crippen molar-refractivity contribution in [3.05, 3.63) is 0 Å². The van der Waals surface area contributed by atoms with Gasteiger partial charge in [0.15, 0.2) is 6.19 Å². The van der Waals surface area contributed by atoms with Crippen LogP contribution in [-0.4, -0.2) is 29.0 Å². The molecule has 1 aliphatic heterocycles. The van der Waals surface area contributed by atoms with Crippen LogP contribution in [0.25, 0.3) is 0 Å². The first-order valence-corrected chi connectivity index (χ1v) is 5.97. The molecule has 1 atom stereocenters. The van der Waals surface area contributed by atoms with Gasteiger partial charge in [-0.3, -0.25) is 5.01 Å². The van der Waals surface area contributed by atoms with E-state index in [4.69, 9.17) is 5.26 Å². The van der Waals surface area contributed by atoms with E-state index < -0.39 is 0 Å². The van der Waals surface area contributed by atoms with E-state index in [1.54, 1.807) is 11.2 Å². The number of hydrogen-bond donors (Lipinski definition) is 0. The molecular formula is C12H22N4. The van der Waals surface area contributed by atoms with Crippen molar-refractivity contribution in [2.75, 3.05) is 6.54 Å². The van der Waals surface area contributed by atoms with Crippen molar-refractivity contribution in [3.63, 3.8) is 0 Å². The zero-order chi connectivity index (χ0) is 12.2. The molecule has 0 aromatic heterocycles. The van der Waals surface area contributed by atoms with E-state index in [1.807, 2.05) is 5.01 Å². The highest BCUT2D eigenvalue weighted by molar-refractivity contribution is 5.59. The van der Waals surface area contributed by atoms with Crippen molar-refractivity contribution < 1.29 is 0 Å². The predicted octanol–water partition coefficient (Wildman–Crippen LogP) is 2.59. The summed E-state index contributed by atoms with van der Waals surface area (Å²) >= 11 is 0. The second kappa shape index (κ2) is 5.20. The van der Waals surface area contributed by atoms with Crippen LogP contribution in [0.4, 0.5) is 0 Å². The van der Waals surface area contributed by atoms with E-state index in [0.29, 0.717) is 0 Å². The van der Waals surface area contributed by atoms with E-state index in [1.165, 1.54) is 0 Å². The summed E-state index contributed by atoms with van der Waals surface area (Å²) < 4.78 is 0. The van der Waals surface area contributed by atoms with Crippen molar-refractivity contribution in [2.24, 2.45) is 10.5 Å². The summed E-state index contributed by atoms with van der Waals surface area (Å²) in [4.78, 5) is 1.65. The summed E-state index contributed by atoms with van der Waals surface area (Å²) in [5.74, 6) is 0. The molecule has 1 unspecified atom stereocenters. The van der Waals surface area contributed by atoms with E-state index in [9.17, 15) is 0 Å². The van der Waals surface area contributed by atoms with Gasteiger partial charge in [-0.25, -0.2) is 4.90 Å². The third-order valence-corrected chi connectivity index (χ3v) is 2.64. The first-order valence-electron chi connectivity index (χ1n) is 5.97. The normalized spacial score (nSPS) is 20.3. The molecule has 0 amide bonds. The minimum absolute atomic E-state index is 0.108. The molecule has 0 bridgehead atoms. The van der Waals surface area contributed by atoms with Gasteiger partial charge in [0.25, 0.3) is 0 Å². The van der Waals surface area contributed by atoms with Gasteiger partial charge in [0.2, 0.25) is 0 Å². The second-order valence-electron chi connectivity index (χ2n) is 5.50. The second-order valence-corrected chi connectivity index (χ2v) is 5.50. The average Bonchev–Trinajstić information content (AvgIpc) is 2.55. The molecule has 4 heteroatoms. The molecule has 0 spiro atoms. The smallest absolute Gasteiger partial charge is 0.187 e. The molecule has 0 aromatic carbocycles. The SMILES string of the molecule is CCCCN1N=CN(C#N)C1CC(C)(C)C. The minimum Gasteiger partial charge on any atom is -0.272 e. The zero-order valence-electron chi connectivity index (χ0n) is 10.8. The fourth-order valence-corrected chi connectivity index (χ4v) is 1.79. The number of unbranched alkanes of at least 4 members (excludes halogenated alkanes) is 1. The van der Waals surface area contributed by atoms with Crippen LogP contribution >= 0.6 is 0 Å². The van der Waals surface area contributed by atoms with Crippen molar-refractivity contribution in [1.29, 1.82) is 5.26 Å². The lowest BCUT2D eigenvalue weighted by atomic mass is 9.90. The third kappa shape index (κ3) is 3.41. The van der Waals surface area contributed by atoms with Crippen LogP contribution < -0.4 is 0 Å². The summed E-state index contributed by atoms with van der Waals surface area (Å²) in [5, 5.41) is 15.4. The Morgan fingerprint density at radius 3 is 2.62 bits per heavy atom. The molecule has 0 saturated heterocycles. The monoisotopic (exact) mass is 222 g/mol. The minimum atomic E-state index is 0.108. The highest BCUT2D eigenvalue weighted by Gasteiger charge is 2.31. The summed E-state index contributed by atoms with van der Waals surface area (Å²) in [6.45, 7) is 9.68. The van der Waals surface area contributed by atoms with E-state index in [-0.39, 0.29) is 11.6 Å². The highest BCUT2D eigenvalue weighted by atomic mass is 15.6. The molecule has 0 aromatic rings. The Hall–Kier alpha value is -1.24. The van der Waals surface area contributed by atoms with Gasteiger partial charge >= 0.3 is 0 Å². The van der Waals surface area contributed by atoms with Crippen molar-refractivity contribution in [1.82, 2.24) is 9.91 Å². The van der Waals surface area contributed by atoms with E-state index in [0.717, 1.165) is 25.8 Å². The Bertz CT molecular complexity index is 284. The zero-order valence-corrected chi connectivity index (χ0v) is 10.8. The van der Waals surface area contributed by atoms with Gasteiger partial charge in [-0.2, -0.15) is 10.4 Å². The van der Waals surface area contributed by atoms with Crippen LogP contribution in [0.15, 0.2) is 5.10 Å². The topological polar surface area (TPSA) is 42.6 Å². The highest BCUT2D eigenvalue weighted by Crippen LogP contribution is 2.27. The van der Waals surface area contributed by atoms with Crippen LogP contribution in [0, 0.1) is 16.9 Å². The summed E-state index contributed by atoms with van der Waals surface area (Å²) in [7, 11) is 0. The van der Waals surface area contributed by atoms with Crippen LogP contribution in [0.2, 0.25) is 0 Å². The number of nitrogens with zero attached hydrogens (tertiary/aromatic N) is 4. The molecule has 90 valence electrons. The summed E-state index contributed by atoms with van der Waals surface area (Å²) in [5.41, 5.74) is 0.206. The van der Waals surface area contributed by atoms with Gasteiger partial charge in [0.1, 0.15) is 12.5 Å². The maximum Gasteiger partial charge on any atom is 0.187 e. The van der Waals surface area contributed by atoms with Crippen LogP contribution in [-0.2, 0) is 0 Å². The molecule has 0 fully saturated rings. The Kier molecular flexibility index (Phi) is 4.17. The standard InChI is InChI=1S/C12H22N4/c1-5-6-7-16-11(8-12(2,3)4)15(9-13)10-14-16/h10-11H,5-8H2,1-4H3. The number of rotatable bonds is 4. The van der Waals surface area contributed by atoms with Crippen molar-refractivity contribution in [2.45, 2.75) is 53.1 Å². The van der Waals surface area contributed by atoms with Crippen LogP contribution in [0.3, 0.4) is 0 Å². The third-order valence-electron chi connectivity index (χ3n) is 2.64. The Balaban J connectivity index is 2.63. The van der Waals surface area contributed by atoms with Gasteiger partial charge in [-0.15, -0.1) is 0 Å². The maximum absolute atomic E-state index is 9.03. The Labute approximate surface area is 98.5 Å². The largest absolute Gasteiger partial charge is 0.272 e. The van der Waals surface area contributed by atoms with Gasteiger partial charge < -0.3 is 0 Å². The molecule has 0 radical (unpaired) electrons. The Morgan fingerprint density at radius 1 is 1.44 bits per heavy atom. The molecule has 4 nitrogen and oxygen atoms in total. The molecule has 0 aliphatic carbocycles. The molecular weight excluding hydrogens is 200 g/mol. The fourth-order valence-electron chi connectivity index (χ4n) is 1.79. The lowest BCUT2D eigenvalue weighted by molar-refractivity contribution is 0.112. The van der Waals surface area contributed by atoms with Gasteiger partial charge in [0.05, 0.1) is 0 Å². The first-order chi connectivity index (χ1) is 7.48. The quantitative estimate of drug-likeness (QED) is 0.687. The average molecular weight is 222 g/mol. The van der Waals surface area contributed by atoms with E-state index in [2.05, 4.69) is 39.0 Å². The van der Waals surface area contributed by atoms with Gasteiger partial charge in [0, 0.05) is 6.54 Å². The van der Waals surface area contributed by atoms with Crippen LogP contribution in [0.5, 0.6) is 0 Å². The first kappa shape index (κ1) is 12.8. The lowest BCUT2D eigenvalue weighted by Crippen LogP contribution is -2.40. The number of nitriles is 1. The van der Waals surface area contributed by atoms with Gasteiger partial charge in [-0.05, 0) is 18.3 Å². The van der Waals surface area contributed by atoms with Crippen molar-refractivity contribution in [3.8, 4) is 6.19 Å². The number of hydrogen-bond acceptors (Lipinski definition) is 4. The van der Waals surface area contributed by atoms with E-state index >= 15 is 0 Å². The molecule has 0 saturated carbocycles. The van der Waals surface area contributed by atoms with Gasteiger partial charge in [-0.1, -0.05) is 34.1 Å². The molecule has 16 heavy (non-hydrogen) atoms. The fraction of sp³-hybridized carbons (Fsp3) is 0.833.